The van der Waals surface area contributed by atoms with Crippen LogP contribution in [0.1, 0.15) is 0 Å². The Hall–Kier alpha value is -2.47. The van der Waals surface area contributed by atoms with Crippen LogP contribution in [0.2, 0.25) is 5.02 Å². The summed E-state index contributed by atoms with van der Waals surface area (Å²) in [6.07, 6.45) is 0. The van der Waals surface area contributed by atoms with Crippen LogP contribution in [0.15, 0.2) is 42.5 Å². The second-order valence-electron chi connectivity index (χ2n) is 4.02. The highest BCUT2D eigenvalue weighted by Crippen LogP contribution is 2.20. The van der Waals surface area contributed by atoms with Crippen molar-refractivity contribution in [3.63, 3.8) is 0 Å². The number of nitrogens with one attached hydrogen (secondary N) is 2. The molecule has 0 spiro atoms. The number of para-hydroxylation sites is 1. The number of benzene rings is 2. The largest absolute Gasteiger partial charge is 0.318 e. The van der Waals surface area contributed by atoms with Gasteiger partial charge < -0.3 is 10.6 Å². The first-order valence-corrected chi connectivity index (χ1v) is 6.17. The first kappa shape index (κ1) is 14.9. The van der Waals surface area contributed by atoms with E-state index in [9.17, 15) is 18.4 Å². The third-order valence-corrected chi connectivity index (χ3v) is 2.84. The van der Waals surface area contributed by atoms with Gasteiger partial charge in [0, 0.05) is 11.8 Å². The number of hydrogen-bond acceptors (Lipinski definition) is 2. The van der Waals surface area contributed by atoms with Crippen molar-refractivity contribution in [2.24, 2.45) is 0 Å². The normalized spacial score (nSPS) is 10.0. The molecule has 21 heavy (non-hydrogen) atoms. The SMILES string of the molecule is O=C(Nc1ccc(F)c(F)c1)C(=O)Nc1ccccc1Cl. The lowest BCUT2D eigenvalue weighted by Gasteiger charge is -2.08. The first-order valence-electron chi connectivity index (χ1n) is 5.79. The molecular weight excluding hydrogens is 302 g/mol. The number of carbonyl (C=O) groups is 2. The Kier molecular flexibility index (Phi) is 4.49. The minimum atomic E-state index is -1.13. The van der Waals surface area contributed by atoms with Crippen molar-refractivity contribution in [3.8, 4) is 0 Å². The maximum Gasteiger partial charge on any atom is 0.314 e. The molecule has 0 saturated heterocycles. The van der Waals surface area contributed by atoms with E-state index >= 15 is 0 Å². The number of hydrogen-bond donors (Lipinski definition) is 2. The highest BCUT2D eigenvalue weighted by atomic mass is 35.5. The standard InChI is InChI=1S/C14H9ClF2N2O2/c15-9-3-1-2-4-12(9)19-14(21)13(20)18-8-5-6-10(16)11(17)7-8/h1-7H,(H,18,20)(H,19,21). The fourth-order valence-corrected chi connectivity index (χ4v) is 1.69. The Bertz CT molecular complexity index is 707. The molecule has 0 saturated carbocycles. The molecular formula is C14H9ClF2N2O2. The molecule has 0 unspecified atom stereocenters. The van der Waals surface area contributed by atoms with E-state index in [4.69, 9.17) is 11.6 Å². The van der Waals surface area contributed by atoms with Crippen LogP contribution >= 0.6 is 11.6 Å². The summed E-state index contributed by atoms with van der Waals surface area (Å²) in [6.45, 7) is 0. The third kappa shape index (κ3) is 3.76. The lowest BCUT2D eigenvalue weighted by Crippen LogP contribution is -2.29. The summed E-state index contributed by atoms with van der Waals surface area (Å²) in [5, 5.41) is 4.72. The second kappa shape index (κ2) is 6.32. The molecule has 0 heterocycles. The zero-order valence-corrected chi connectivity index (χ0v) is 11.2. The fraction of sp³-hybridized carbons (Fsp3) is 0. The molecule has 0 aliphatic rings. The maximum absolute atomic E-state index is 13.0. The molecule has 0 radical (unpaired) electrons. The van der Waals surface area contributed by atoms with Crippen molar-refractivity contribution in [3.05, 3.63) is 59.1 Å². The van der Waals surface area contributed by atoms with Gasteiger partial charge in [-0.05, 0) is 24.3 Å². The Labute approximate surface area is 123 Å². The molecule has 0 aliphatic carbocycles. The van der Waals surface area contributed by atoms with E-state index in [0.717, 1.165) is 18.2 Å². The van der Waals surface area contributed by atoms with Gasteiger partial charge in [0.1, 0.15) is 0 Å². The van der Waals surface area contributed by atoms with Crippen LogP contribution in [0.3, 0.4) is 0 Å². The molecule has 2 amide bonds. The van der Waals surface area contributed by atoms with Gasteiger partial charge in [-0.1, -0.05) is 23.7 Å². The van der Waals surface area contributed by atoms with Crippen LogP contribution in [-0.2, 0) is 9.59 Å². The summed E-state index contributed by atoms with van der Waals surface area (Å²) in [5.41, 5.74) is 0.234. The summed E-state index contributed by atoms with van der Waals surface area (Å²) in [6, 6.07) is 9.12. The van der Waals surface area contributed by atoms with Gasteiger partial charge in [0.15, 0.2) is 11.6 Å². The van der Waals surface area contributed by atoms with Gasteiger partial charge in [0.05, 0.1) is 10.7 Å². The molecule has 2 rings (SSSR count). The Morgan fingerprint density at radius 2 is 1.57 bits per heavy atom. The van der Waals surface area contributed by atoms with Crippen LogP contribution in [0.5, 0.6) is 0 Å². The molecule has 0 aromatic heterocycles. The molecule has 0 atom stereocenters. The average molecular weight is 311 g/mol. The van der Waals surface area contributed by atoms with Crippen LogP contribution in [-0.4, -0.2) is 11.8 Å². The molecule has 7 heteroatoms. The molecule has 2 N–H and O–H groups in total. The first-order chi connectivity index (χ1) is 9.97. The van der Waals surface area contributed by atoms with Crippen molar-refractivity contribution >= 4 is 34.8 Å². The number of amides is 2. The van der Waals surface area contributed by atoms with Gasteiger partial charge in [0.25, 0.3) is 0 Å². The van der Waals surface area contributed by atoms with E-state index in [1.54, 1.807) is 18.2 Å². The maximum atomic E-state index is 13.0. The topological polar surface area (TPSA) is 58.2 Å². The molecule has 4 nitrogen and oxygen atoms in total. The molecule has 0 fully saturated rings. The van der Waals surface area contributed by atoms with Gasteiger partial charge in [-0.3, -0.25) is 9.59 Å². The Balaban J connectivity index is 2.04. The summed E-state index contributed by atoms with van der Waals surface area (Å²) in [4.78, 5) is 23.3. The quantitative estimate of drug-likeness (QED) is 0.837. The molecule has 0 aliphatic heterocycles. The van der Waals surface area contributed by atoms with Gasteiger partial charge in [-0.2, -0.15) is 0 Å². The average Bonchev–Trinajstić information content (AvgIpc) is 2.45. The van der Waals surface area contributed by atoms with E-state index in [2.05, 4.69) is 10.6 Å². The van der Waals surface area contributed by atoms with Crippen molar-refractivity contribution in [1.29, 1.82) is 0 Å². The molecule has 2 aromatic carbocycles. The van der Waals surface area contributed by atoms with Crippen molar-refractivity contribution < 1.29 is 18.4 Å². The lowest BCUT2D eigenvalue weighted by molar-refractivity contribution is -0.132. The third-order valence-electron chi connectivity index (χ3n) is 2.51. The van der Waals surface area contributed by atoms with Crippen molar-refractivity contribution in [1.82, 2.24) is 0 Å². The van der Waals surface area contributed by atoms with Crippen LogP contribution in [0, 0.1) is 11.6 Å². The van der Waals surface area contributed by atoms with Crippen LogP contribution < -0.4 is 10.6 Å². The van der Waals surface area contributed by atoms with Crippen molar-refractivity contribution in [2.75, 3.05) is 10.6 Å². The van der Waals surface area contributed by atoms with E-state index in [0.29, 0.717) is 0 Å². The fourth-order valence-electron chi connectivity index (χ4n) is 1.50. The van der Waals surface area contributed by atoms with E-state index in [1.807, 2.05) is 0 Å². The Morgan fingerprint density at radius 1 is 0.905 bits per heavy atom. The smallest absolute Gasteiger partial charge is 0.314 e. The highest BCUT2D eigenvalue weighted by Gasteiger charge is 2.16. The molecule has 0 bridgehead atoms. The predicted molar refractivity (Wildman–Crippen MR) is 75.1 cm³/mol. The van der Waals surface area contributed by atoms with Crippen LogP contribution in [0.4, 0.5) is 20.2 Å². The van der Waals surface area contributed by atoms with Gasteiger partial charge in [0.2, 0.25) is 0 Å². The van der Waals surface area contributed by atoms with E-state index in [1.165, 1.54) is 6.07 Å². The number of carbonyl (C=O) groups excluding carboxylic acids is 2. The summed E-state index contributed by atoms with van der Waals surface area (Å²) < 4.78 is 25.7. The summed E-state index contributed by atoms with van der Waals surface area (Å²) in [7, 11) is 0. The van der Waals surface area contributed by atoms with Crippen LogP contribution in [0.25, 0.3) is 0 Å². The van der Waals surface area contributed by atoms with E-state index < -0.39 is 23.4 Å². The minimum absolute atomic E-state index is 0.0341. The zero-order valence-electron chi connectivity index (χ0n) is 10.5. The Morgan fingerprint density at radius 3 is 2.24 bits per heavy atom. The number of anilines is 2. The zero-order chi connectivity index (χ0) is 15.4. The number of rotatable bonds is 2. The van der Waals surface area contributed by atoms with Gasteiger partial charge >= 0.3 is 11.8 Å². The highest BCUT2D eigenvalue weighted by molar-refractivity contribution is 6.44. The van der Waals surface area contributed by atoms with Crippen molar-refractivity contribution in [2.45, 2.75) is 0 Å². The second-order valence-corrected chi connectivity index (χ2v) is 4.42. The molecule has 108 valence electrons. The summed E-state index contributed by atoms with van der Waals surface area (Å²) >= 11 is 5.83. The van der Waals surface area contributed by atoms with E-state index in [-0.39, 0.29) is 16.4 Å². The lowest BCUT2D eigenvalue weighted by atomic mass is 10.3. The number of halogens is 3. The van der Waals surface area contributed by atoms with Gasteiger partial charge in [-0.15, -0.1) is 0 Å². The monoisotopic (exact) mass is 310 g/mol. The van der Waals surface area contributed by atoms with Gasteiger partial charge in [-0.25, -0.2) is 8.78 Å². The predicted octanol–water partition coefficient (Wildman–Crippen LogP) is 3.20. The minimum Gasteiger partial charge on any atom is -0.318 e. The summed E-state index contributed by atoms with van der Waals surface area (Å²) in [5.74, 6) is -4.18. The molecule has 2 aromatic rings.